The molecule has 0 aliphatic carbocycles. The maximum absolute atomic E-state index is 9.65. The van der Waals surface area contributed by atoms with Crippen LogP contribution in [0.4, 0.5) is 0 Å². The highest BCUT2D eigenvalue weighted by Gasteiger charge is 2.31. The van der Waals surface area contributed by atoms with Gasteiger partial charge in [0.25, 0.3) is 0 Å². The molecule has 1 heterocycles. The van der Waals surface area contributed by atoms with Crippen LogP contribution in [0.25, 0.3) is 0 Å². The van der Waals surface area contributed by atoms with E-state index in [9.17, 15) is 5.11 Å². The molecule has 0 aromatic rings. The largest absolute Gasteiger partial charge is 0.394 e. The minimum absolute atomic E-state index is 0.137. The van der Waals surface area contributed by atoms with Gasteiger partial charge in [0.2, 0.25) is 0 Å². The molecule has 1 rings (SSSR count). The number of likely N-dealkylation sites (tertiary alicyclic amines) is 1. The number of piperidine rings is 1. The van der Waals surface area contributed by atoms with Gasteiger partial charge in [-0.3, -0.25) is 4.90 Å². The van der Waals surface area contributed by atoms with Crippen LogP contribution in [0.5, 0.6) is 0 Å². The van der Waals surface area contributed by atoms with Crippen LogP contribution in [0, 0.1) is 0 Å². The van der Waals surface area contributed by atoms with Crippen LogP contribution in [-0.2, 0) is 0 Å². The lowest BCUT2D eigenvalue weighted by atomic mass is 9.90. The second-order valence-corrected chi connectivity index (χ2v) is 6.48. The first-order valence-corrected chi connectivity index (χ1v) is 8.18. The van der Waals surface area contributed by atoms with E-state index in [1.165, 1.54) is 38.6 Å². The molecular formula is C16H34N2O. The fourth-order valence-corrected chi connectivity index (χ4v) is 3.64. The topological polar surface area (TPSA) is 35.5 Å². The summed E-state index contributed by atoms with van der Waals surface area (Å²) in [4.78, 5) is 2.69. The fourth-order valence-electron chi connectivity index (χ4n) is 3.64. The fraction of sp³-hybridized carbons (Fsp3) is 1.00. The minimum Gasteiger partial charge on any atom is -0.394 e. The van der Waals surface area contributed by atoms with E-state index in [4.69, 9.17) is 0 Å². The van der Waals surface area contributed by atoms with Crippen LogP contribution in [0.15, 0.2) is 0 Å². The molecule has 0 aromatic heterocycles. The van der Waals surface area contributed by atoms with Gasteiger partial charge in [0.1, 0.15) is 0 Å². The third kappa shape index (κ3) is 5.05. The Morgan fingerprint density at radius 3 is 2.68 bits per heavy atom. The lowest BCUT2D eigenvalue weighted by molar-refractivity contribution is 0.0618. The van der Waals surface area contributed by atoms with Crippen molar-refractivity contribution in [3.63, 3.8) is 0 Å². The minimum atomic E-state index is -0.137. The summed E-state index contributed by atoms with van der Waals surface area (Å²) in [6.45, 7) is 11.2. The maximum Gasteiger partial charge on any atom is 0.0611 e. The Hall–Kier alpha value is -0.120. The molecule has 1 aliphatic rings. The van der Waals surface area contributed by atoms with Crippen LogP contribution in [0.1, 0.15) is 66.2 Å². The van der Waals surface area contributed by atoms with Crippen molar-refractivity contribution < 1.29 is 5.11 Å². The maximum atomic E-state index is 9.65. The number of nitrogens with zero attached hydrogens (tertiary/aromatic N) is 1. The first kappa shape index (κ1) is 16.9. The van der Waals surface area contributed by atoms with Crippen LogP contribution >= 0.6 is 0 Å². The summed E-state index contributed by atoms with van der Waals surface area (Å²) in [6.07, 6.45) is 7.70. The number of hydrogen-bond donors (Lipinski definition) is 2. The third-order valence-electron chi connectivity index (χ3n) is 4.56. The molecule has 0 amide bonds. The van der Waals surface area contributed by atoms with Crippen LogP contribution in [0.3, 0.4) is 0 Å². The molecule has 1 saturated heterocycles. The molecule has 114 valence electrons. The Bertz CT molecular complexity index is 245. The number of likely N-dealkylation sites (N-methyl/N-ethyl adjacent to an activating group) is 1. The van der Waals surface area contributed by atoms with Crippen molar-refractivity contribution in [3.8, 4) is 0 Å². The van der Waals surface area contributed by atoms with Gasteiger partial charge in [-0.15, -0.1) is 0 Å². The van der Waals surface area contributed by atoms with Gasteiger partial charge < -0.3 is 10.4 Å². The molecule has 3 nitrogen and oxygen atoms in total. The van der Waals surface area contributed by atoms with Gasteiger partial charge in [-0.05, 0) is 52.6 Å². The number of aliphatic hydroxyl groups is 1. The zero-order valence-corrected chi connectivity index (χ0v) is 13.4. The first-order valence-electron chi connectivity index (χ1n) is 8.18. The van der Waals surface area contributed by atoms with Gasteiger partial charge in [-0.25, -0.2) is 0 Å². The van der Waals surface area contributed by atoms with E-state index >= 15 is 0 Å². The highest BCUT2D eigenvalue weighted by molar-refractivity contribution is 4.89. The van der Waals surface area contributed by atoms with Crippen molar-refractivity contribution in [2.45, 2.75) is 83.8 Å². The highest BCUT2D eigenvalue weighted by Crippen LogP contribution is 2.26. The molecule has 0 bridgehead atoms. The normalized spacial score (nSPS) is 26.1. The molecule has 19 heavy (non-hydrogen) atoms. The average Bonchev–Trinajstić information content (AvgIpc) is 2.40. The summed E-state index contributed by atoms with van der Waals surface area (Å²) in [5.41, 5.74) is -0.137. The van der Waals surface area contributed by atoms with Gasteiger partial charge >= 0.3 is 0 Å². The van der Waals surface area contributed by atoms with Crippen LogP contribution in [-0.4, -0.2) is 47.3 Å². The summed E-state index contributed by atoms with van der Waals surface area (Å²) in [6, 6.07) is 1.31. The van der Waals surface area contributed by atoms with E-state index in [1.807, 2.05) is 0 Å². The Morgan fingerprint density at radius 1 is 1.37 bits per heavy atom. The van der Waals surface area contributed by atoms with E-state index in [0.717, 1.165) is 19.0 Å². The number of rotatable bonds is 8. The Labute approximate surface area is 119 Å². The zero-order chi connectivity index (χ0) is 14.3. The summed E-state index contributed by atoms with van der Waals surface area (Å²) in [7, 11) is 0. The molecule has 3 heteroatoms. The van der Waals surface area contributed by atoms with Gasteiger partial charge in [-0.2, -0.15) is 0 Å². The lowest BCUT2D eigenvalue weighted by Crippen LogP contribution is -2.53. The average molecular weight is 270 g/mol. The van der Waals surface area contributed by atoms with Crippen molar-refractivity contribution in [2.75, 3.05) is 19.7 Å². The zero-order valence-electron chi connectivity index (χ0n) is 13.4. The summed E-state index contributed by atoms with van der Waals surface area (Å²) < 4.78 is 0. The SMILES string of the molecule is CCCC1CCCCN1C(C)CC(C)(CO)NCC. The number of nitrogens with one attached hydrogen (secondary N) is 1. The molecular weight excluding hydrogens is 236 g/mol. The van der Waals surface area contributed by atoms with Crippen molar-refractivity contribution in [2.24, 2.45) is 0 Å². The summed E-state index contributed by atoms with van der Waals surface area (Å²) >= 11 is 0. The number of hydrogen-bond acceptors (Lipinski definition) is 3. The van der Waals surface area contributed by atoms with Crippen molar-refractivity contribution in [3.05, 3.63) is 0 Å². The van der Waals surface area contributed by atoms with Crippen molar-refractivity contribution in [1.29, 1.82) is 0 Å². The Balaban J connectivity index is 2.60. The molecule has 3 unspecified atom stereocenters. The Morgan fingerprint density at radius 2 is 2.11 bits per heavy atom. The molecule has 1 fully saturated rings. The van der Waals surface area contributed by atoms with E-state index in [0.29, 0.717) is 6.04 Å². The van der Waals surface area contributed by atoms with Crippen molar-refractivity contribution in [1.82, 2.24) is 10.2 Å². The highest BCUT2D eigenvalue weighted by atomic mass is 16.3. The van der Waals surface area contributed by atoms with Gasteiger partial charge in [-0.1, -0.05) is 26.7 Å². The van der Waals surface area contributed by atoms with E-state index in [-0.39, 0.29) is 12.1 Å². The van der Waals surface area contributed by atoms with Gasteiger partial charge in [0, 0.05) is 17.6 Å². The van der Waals surface area contributed by atoms with E-state index in [2.05, 4.69) is 37.9 Å². The molecule has 0 saturated carbocycles. The molecule has 0 radical (unpaired) electrons. The molecule has 0 aromatic carbocycles. The van der Waals surface area contributed by atoms with E-state index in [1.54, 1.807) is 0 Å². The number of aliphatic hydroxyl groups excluding tert-OH is 1. The van der Waals surface area contributed by atoms with Crippen molar-refractivity contribution >= 4 is 0 Å². The van der Waals surface area contributed by atoms with E-state index < -0.39 is 0 Å². The predicted octanol–water partition coefficient (Wildman–Crippen LogP) is 2.78. The van der Waals surface area contributed by atoms with Crippen LogP contribution in [0.2, 0.25) is 0 Å². The second kappa shape index (κ2) is 8.23. The molecule has 2 N–H and O–H groups in total. The monoisotopic (exact) mass is 270 g/mol. The first-order chi connectivity index (χ1) is 9.06. The predicted molar refractivity (Wildman–Crippen MR) is 82.5 cm³/mol. The second-order valence-electron chi connectivity index (χ2n) is 6.48. The lowest BCUT2D eigenvalue weighted by Gasteiger charge is -2.43. The van der Waals surface area contributed by atoms with Crippen LogP contribution < -0.4 is 5.32 Å². The quantitative estimate of drug-likeness (QED) is 0.712. The molecule has 3 atom stereocenters. The Kier molecular flexibility index (Phi) is 7.33. The molecule has 1 aliphatic heterocycles. The standard InChI is InChI=1S/C16H34N2O/c1-5-9-15-10-7-8-11-18(15)14(3)12-16(4,13-19)17-6-2/h14-15,17,19H,5-13H2,1-4H3. The third-order valence-corrected chi connectivity index (χ3v) is 4.56. The van der Waals surface area contributed by atoms with Gasteiger partial charge in [0.05, 0.1) is 6.61 Å². The van der Waals surface area contributed by atoms with Gasteiger partial charge in [0.15, 0.2) is 0 Å². The molecule has 0 spiro atoms. The summed E-state index contributed by atoms with van der Waals surface area (Å²) in [5.74, 6) is 0. The summed E-state index contributed by atoms with van der Waals surface area (Å²) in [5, 5.41) is 13.1. The smallest absolute Gasteiger partial charge is 0.0611 e.